The minimum atomic E-state index is -0.244. The van der Waals surface area contributed by atoms with Gasteiger partial charge in [0.1, 0.15) is 11.5 Å². The van der Waals surface area contributed by atoms with Gasteiger partial charge in [0.15, 0.2) is 0 Å². The number of aliphatic hydroxyl groups excluding tert-OH is 1. The molecule has 6 heteroatoms. The Morgan fingerprint density at radius 3 is 2.50 bits per heavy atom. The summed E-state index contributed by atoms with van der Waals surface area (Å²) in [5.74, 6) is -0.244. The third-order valence-electron chi connectivity index (χ3n) is 4.18. The first kappa shape index (κ1) is 15.1. The minimum Gasteiger partial charge on any atom is -0.390 e. The number of nitrogens with zero attached hydrogens (tertiary/aromatic N) is 4. The fourth-order valence-electron chi connectivity index (χ4n) is 2.90. The number of hydrogen-bond donors (Lipinski definition) is 1. The molecule has 5 nitrogen and oxygen atoms in total. The van der Waals surface area contributed by atoms with Crippen molar-refractivity contribution in [1.82, 2.24) is 19.9 Å². The maximum absolute atomic E-state index is 13.0. The maximum atomic E-state index is 13.0. The molecule has 1 aliphatic heterocycles. The number of aliphatic hydroxyl groups is 1. The molecule has 1 fully saturated rings. The van der Waals surface area contributed by atoms with Crippen LogP contribution in [0.4, 0.5) is 4.39 Å². The summed E-state index contributed by atoms with van der Waals surface area (Å²) in [5.41, 5.74) is 2.50. The average molecular weight is 304 g/mol. The number of aromatic nitrogens is 3. The molecule has 2 heterocycles. The molecule has 1 aliphatic rings. The average Bonchev–Trinajstić information content (AvgIpc) is 3.17. The number of benzene rings is 1. The van der Waals surface area contributed by atoms with Crippen LogP contribution in [-0.2, 0) is 19.6 Å². The molecule has 0 amide bonds. The van der Waals surface area contributed by atoms with Gasteiger partial charge in [-0.3, -0.25) is 0 Å². The van der Waals surface area contributed by atoms with Crippen LogP contribution in [-0.4, -0.2) is 44.6 Å². The van der Waals surface area contributed by atoms with Crippen LogP contribution in [0.3, 0.4) is 0 Å². The molecule has 0 unspecified atom stereocenters. The van der Waals surface area contributed by atoms with Crippen LogP contribution in [0.25, 0.3) is 0 Å². The van der Waals surface area contributed by atoms with E-state index in [1.807, 2.05) is 4.68 Å². The van der Waals surface area contributed by atoms with E-state index in [1.165, 1.54) is 25.0 Å². The normalized spacial score (nSPS) is 15.5. The van der Waals surface area contributed by atoms with Gasteiger partial charge in [-0.25, -0.2) is 9.07 Å². The van der Waals surface area contributed by atoms with E-state index in [-0.39, 0.29) is 12.4 Å². The van der Waals surface area contributed by atoms with Crippen LogP contribution in [0, 0.1) is 5.82 Å². The van der Waals surface area contributed by atoms with Crippen LogP contribution >= 0.6 is 0 Å². The Balaban J connectivity index is 1.72. The molecular weight excluding hydrogens is 283 g/mol. The Labute approximate surface area is 129 Å². The molecule has 3 rings (SSSR count). The lowest BCUT2D eigenvalue weighted by atomic mass is 10.1. The second-order valence-electron chi connectivity index (χ2n) is 5.72. The van der Waals surface area contributed by atoms with Crippen molar-refractivity contribution in [3.63, 3.8) is 0 Å². The highest BCUT2D eigenvalue weighted by Gasteiger charge is 2.15. The fourth-order valence-corrected chi connectivity index (χ4v) is 2.90. The first-order valence-corrected chi connectivity index (χ1v) is 7.75. The summed E-state index contributed by atoms with van der Waals surface area (Å²) in [6.45, 7) is 3.89. The summed E-state index contributed by atoms with van der Waals surface area (Å²) >= 11 is 0. The highest BCUT2D eigenvalue weighted by Crippen LogP contribution is 2.14. The number of hydrogen-bond acceptors (Lipinski definition) is 4. The van der Waals surface area contributed by atoms with Crippen molar-refractivity contribution in [3.05, 3.63) is 47.0 Å². The number of halogens is 1. The zero-order valence-corrected chi connectivity index (χ0v) is 12.6. The van der Waals surface area contributed by atoms with Crippen molar-refractivity contribution in [2.75, 3.05) is 19.6 Å². The van der Waals surface area contributed by atoms with Crippen molar-refractivity contribution in [2.45, 2.75) is 32.4 Å². The van der Waals surface area contributed by atoms with Gasteiger partial charge in [0.25, 0.3) is 0 Å². The SMILES string of the molecule is OCc1nnn(CCN2CCCC2)c1Cc1ccc(F)cc1. The monoisotopic (exact) mass is 304 g/mol. The summed E-state index contributed by atoms with van der Waals surface area (Å²) < 4.78 is 14.9. The number of rotatable bonds is 6. The first-order chi connectivity index (χ1) is 10.8. The standard InChI is InChI=1S/C16H21FN4O/c17-14-5-3-13(4-6-14)11-16-15(12-22)18-19-21(16)10-9-20-7-1-2-8-20/h3-6,22H,1-2,7-12H2. The van der Waals surface area contributed by atoms with Gasteiger partial charge < -0.3 is 10.0 Å². The van der Waals surface area contributed by atoms with Crippen molar-refractivity contribution in [2.24, 2.45) is 0 Å². The lowest BCUT2D eigenvalue weighted by Crippen LogP contribution is -2.25. The predicted octanol–water partition coefficient (Wildman–Crippen LogP) is 1.60. The van der Waals surface area contributed by atoms with Crippen LogP contribution < -0.4 is 0 Å². The quantitative estimate of drug-likeness (QED) is 0.881. The van der Waals surface area contributed by atoms with Crippen LogP contribution in [0.2, 0.25) is 0 Å². The van der Waals surface area contributed by atoms with Crippen molar-refractivity contribution in [3.8, 4) is 0 Å². The Morgan fingerprint density at radius 2 is 1.82 bits per heavy atom. The molecule has 118 valence electrons. The van der Waals surface area contributed by atoms with E-state index in [4.69, 9.17) is 0 Å². The summed E-state index contributed by atoms with van der Waals surface area (Å²) in [7, 11) is 0. The van der Waals surface area contributed by atoms with E-state index in [2.05, 4.69) is 15.2 Å². The molecule has 2 aromatic rings. The van der Waals surface area contributed by atoms with Crippen LogP contribution in [0.5, 0.6) is 0 Å². The molecule has 0 radical (unpaired) electrons. The molecular formula is C16H21FN4O. The molecule has 0 spiro atoms. The van der Waals surface area contributed by atoms with Crippen molar-refractivity contribution in [1.29, 1.82) is 0 Å². The van der Waals surface area contributed by atoms with Gasteiger partial charge >= 0.3 is 0 Å². The molecule has 0 atom stereocenters. The number of likely N-dealkylation sites (tertiary alicyclic amines) is 1. The van der Waals surface area contributed by atoms with Crippen molar-refractivity contribution >= 4 is 0 Å². The van der Waals surface area contributed by atoms with Gasteiger partial charge in [-0.1, -0.05) is 17.3 Å². The van der Waals surface area contributed by atoms with E-state index >= 15 is 0 Å². The van der Waals surface area contributed by atoms with E-state index in [0.717, 1.165) is 37.4 Å². The third kappa shape index (κ3) is 3.51. The highest BCUT2D eigenvalue weighted by molar-refractivity contribution is 5.24. The van der Waals surface area contributed by atoms with Gasteiger partial charge in [-0.15, -0.1) is 5.10 Å². The molecule has 1 saturated heterocycles. The van der Waals surface area contributed by atoms with E-state index in [1.54, 1.807) is 12.1 Å². The molecule has 0 aliphatic carbocycles. The van der Waals surface area contributed by atoms with Gasteiger partial charge in [0, 0.05) is 13.0 Å². The largest absolute Gasteiger partial charge is 0.390 e. The van der Waals surface area contributed by atoms with Crippen LogP contribution in [0.1, 0.15) is 29.8 Å². The summed E-state index contributed by atoms with van der Waals surface area (Å²) in [5, 5.41) is 17.7. The topological polar surface area (TPSA) is 54.2 Å². The Bertz CT molecular complexity index is 605. The van der Waals surface area contributed by atoms with Crippen molar-refractivity contribution < 1.29 is 9.50 Å². The third-order valence-corrected chi connectivity index (χ3v) is 4.18. The first-order valence-electron chi connectivity index (χ1n) is 7.75. The summed E-state index contributed by atoms with van der Waals surface area (Å²) in [6, 6.07) is 6.42. The zero-order valence-electron chi connectivity index (χ0n) is 12.6. The fraction of sp³-hybridized carbons (Fsp3) is 0.500. The summed E-state index contributed by atoms with van der Waals surface area (Å²) in [4.78, 5) is 2.42. The lowest BCUT2D eigenvalue weighted by Gasteiger charge is -2.15. The second kappa shape index (κ2) is 6.98. The summed E-state index contributed by atoms with van der Waals surface area (Å²) in [6.07, 6.45) is 3.13. The van der Waals surface area contributed by atoms with Gasteiger partial charge in [-0.2, -0.15) is 0 Å². The van der Waals surface area contributed by atoms with Gasteiger partial charge in [-0.05, 0) is 43.6 Å². The zero-order chi connectivity index (χ0) is 15.4. The van der Waals surface area contributed by atoms with E-state index < -0.39 is 0 Å². The van der Waals surface area contributed by atoms with Crippen LogP contribution in [0.15, 0.2) is 24.3 Å². The van der Waals surface area contributed by atoms with E-state index in [0.29, 0.717) is 12.1 Å². The molecule has 1 aromatic carbocycles. The second-order valence-corrected chi connectivity index (χ2v) is 5.72. The molecule has 0 bridgehead atoms. The molecule has 1 N–H and O–H groups in total. The van der Waals surface area contributed by atoms with Gasteiger partial charge in [0.05, 0.1) is 18.8 Å². The maximum Gasteiger partial charge on any atom is 0.123 e. The molecule has 22 heavy (non-hydrogen) atoms. The lowest BCUT2D eigenvalue weighted by molar-refractivity contribution is 0.275. The van der Waals surface area contributed by atoms with Gasteiger partial charge in [0.2, 0.25) is 0 Å². The molecule has 1 aromatic heterocycles. The predicted molar refractivity (Wildman–Crippen MR) is 80.8 cm³/mol. The Morgan fingerprint density at radius 1 is 1.09 bits per heavy atom. The Kier molecular flexibility index (Phi) is 4.80. The molecule has 0 saturated carbocycles. The highest BCUT2D eigenvalue weighted by atomic mass is 19.1. The van der Waals surface area contributed by atoms with E-state index in [9.17, 15) is 9.50 Å². The smallest absolute Gasteiger partial charge is 0.123 e. The minimum absolute atomic E-state index is 0.125. The Hall–Kier alpha value is -1.79.